The van der Waals surface area contributed by atoms with Gasteiger partial charge in [-0.05, 0) is 25.0 Å². The highest BCUT2D eigenvalue weighted by Gasteiger charge is 2.27. The molecule has 0 unspecified atom stereocenters. The summed E-state index contributed by atoms with van der Waals surface area (Å²) >= 11 is 0. The third-order valence-corrected chi connectivity index (χ3v) is 4.62. The number of carbonyl (C=O) groups is 1. The molecule has 2 aliphatic rings. The number of hydrogen-bond donors (Lipinski definition) is 0. The summed E-state index contributed by atoms with van der Waals surface area (Å²) in [5, 5.41) is 0. The van der Waals surface area contributed by atoms with Crippen LogP contribution < -0.4 is 4.90 Å². The van der Waals surface area contributed by atoms with E-state index in [0.29, 0.717) is 43.3 Å². The molecule has 2 aromatic rings. The Kier molecular flexibility index (Phi) is 3.88. The first-order chi connectivity index (χ1) is 11.7. The molecule has 5 nitrogen and oxygen atoms in total. The van der Waals surface area contributed by atoms with E-state index in [1.165, 1.54) is 6.07 Å². The van der Waals surface area contributed by atoms with Crippen molar-refractivity contribution in [2.45, 2.75) is 18.8 Å². The summed E-state index contributed by atoms with van der Waals surface area (Å²) in [6.45, 7) is 2.37. The van der Waals surface area contributed by atoms with Crippen molar-refractivity contribution in [3.63, 3.8) is 0 Å². The monoisotopic (exact) mass is 326 g/mol. The largest absolute Gasteiger partial charge is 0.366 e. The van der Waals surface area contributed by atoms with Crippen LogP contribution in [0.25, 0.3) is 0 Å². The predicted molar refractivity (Wildman–Crippen MR) is 88.5 cm³/mol. The highest BCUT2D eigenvalue weighted by atomic mass is 19.1. The van der Waals surface area contributed by atoms with Gasteiger partial charge in [0.1, 0.15) is 11.6 Å². The van der Waals surface area contributed by atoms with Gasteiger partial charge in [0.15, 0.2) is 0 Å². The van der Waals surface area contributed by atoms with Crippen molar-refractivity contribution in [2.75, 3.05) is 31.1 Å². The molecule has 1 saturated heterocycles. The number of rotatable bonds is 3. The lowest BCUT2D eigenvalue weighted by molar-refractivity contribution is 0.0745. The number of halogens is 1. The molecule has 0 radical (unpaired) electrons. The molecular weight excluding hydrogens is 307 g/mol. The zero-order chi connectivity index (χ0) is 16.5. The molecule has 2 fully saturated rings. The van der Waals surface area contributed by atoms with E-state index in [1.54, 1.807) is 29.4 Å². The van der Waals surface area contributed by atoms with Crippen molar-refractivity contribution in [1.82, 2.24) is 14.9 Å². The van der Waals surface area contributed by atoms with Gasteiger partial charge < -0.3 is 9.80 Å². The summed E-state index contributed by atoms with van der Waals surface area (Å²) in [7, 11) is 0. The average molecular weight is 326 g/mol. The minimum Gasteiger partial charge on any atom is -0.366 e. The molecule has 1 amide bonds. The predicted octanol–water partition coefficient (Wildman–Crippen LogP) is 2.46. The Hall–Kier alpha value is -2.50. The summed E-state index contributed by atoms with van der Waals surface area (Å²) < 4.78 is 13.9. The first-order valence-electron chi connectivity index (χ1n) is 8.33. The fraction of sp³-hybridized carbons (Fsp3) is 0.389. The number of carbonyl (C=O) groups excluding carboxylic acids is 1. The molecular formula is C18H19FN4O. The molecule has 1 aliphatic heterocycles. The van der Waals surface area contributed by atoms with Crippen molar-refractivity contribution in [2.24, 2.45) is 0 Å². The molecule has 4 rings (SSSR count). The molecule has 2 heterocycles. The summed E-state index contributed by atoms with van der Waals surface area (Å²) in [6, 6.07) is 6.75. The van der Waals surface area contributed by atoms with Crippen LogP contribution in [-0.2, 0) is 0 Å². The topological polar surface area (TPSA) is 49.3 Å². The van der Waals surface area contributed by atoms with E-state index in [1.807, 2.05) is 11.0 Å². The van der Waals surface area contributed by atoms with Crippen LogP contribution in [0.3, 0.4) is 0 Å². The third kappa shape index (κ3) is 2.96. The van der Waals surface area contributed by atoms with Gasteiger partial charge in [0.2, 0.25) is 0 Å². The van der Waals surface area contributed by atoms with E-state index in [-0.39, 0.29) is 11.7 Å². The van der Waals surface area contributed by atoms with Crippen molar-refractivity contribution < 1.29 is 9.18 Å². The number of nitrogens with zero attached hydrogens (tertiary/aromatic N) is 4. The maximum absolute atomic E-state index is 13.9. The Morgan fingerprint density at radius 3 is 2.33 bits per heavy atom. The van der Waals surface area contributed by atoms with Crippen molar-refractivity contribution >= 4 is 11.6 Å². The Morgan fingerprint density at radius 1 is 1.04 bits per heavy atom. The fourth-order valence-electron chi connectivity index (χ4n) is 3.04. The Bertz CT molecular complexity index is 737. The highest BCUT2D eigenvalue weighted by Crippen LogP contribution is 2.37. The molecule has 0 spiro atoms. The van der Waals surface area contributed by atoms with Crippen molar-refractivity contribution in [1.29, 1.82) is 0 Å². The Balaban J connectivity index is 1.40. The van der Waals surface area contributed by atoms with Crippen molar-refractivity contribution in [3.05, 3.63) is 53.9 Å². The molecule has 0 atom stereocenters. The molecule has 0 bridgehead atoms. The van der Waals surface area contributed by atoms with E-state index in [4.69, 9.17) is 0 Å². The van der Waals surface area contributed by atoms with Gasteiger partial charge in [0.05, 0.1) is 11.3 Å². The van der Waals surface area contributed by atoms with Crippen LogP contribution in [0, 0.1) is 5.82 Å². The molecule has 1 aromatic heterocycles. The normalized spacial score (nSPS) is 17.9. The van der Waals surface area contributed by atoms with Crippen LogP contribution >= 0.6 is 0 Å². The van der Waals surface area contributed by atoms with Gasteiger partial charge in [-0.1, -0.05) is 12.1 Å². The van der Waals surface area contributed by atoms with Gasteiger partial charge in [-0.15, -0.1) is 0 Å². The standard InChI is InChI=1S/C18H19FN4O/c19-15-3-1-2-4-16(15)22-7-9-23(10-8-22)18(24)14-11-20-17(21-12-14)13-5-6-13/h1-4,11-13H,5-10H2. The number of aromatic nitrogens is 2. The van der Waals surface area contributed by atoms with Gasteiger partial charge in [-0.3, -0.25) is 4.79 Å². The fourth-order valence-corrected chi connectivity index (χ4v) is 3.04. The average Bonchev–Trinajstić information content (AvgIpc) is 3.47. The molecule has 1 aromatic carbocycles. The molecule has 124 valence electrons. The zero-order valence-corrected chi connectivity index (χ0v) is 13.4. The number of hydrogen-bond acceptors (Lipinski definition) is 4. The smallest absolute Gasteiger partial charge is 0.257 e. The minimum atomic E-state index is -0.221. The second-order valence-corrected chi connectivity index (χ2v) is 6.33. The van der Waals surface area contributed by atoms with Gasteiger partial charge in [-0.2, -0.15) is 0 Å². The van der Waals surface area contributed by atoms with E-state index in [0.717, 1.165) is 18.7 Å². The van der Waals surface area contributed by atoms with Crippen LogP contribution in [0.5, 0.6) is 0 Å². The van der Waals surface area contributed by atoms with Crippen LogP contribution in [0.15, 0.2) is 36.7 Å². The first kappa shape index (κ1) is 15.1. The van der Waals surface area contributed by atoms with Gasteiger partial charge >= 0.3 is 0 Å². The van der Waals surface area contributed by atoms with Gasteiger partial charge in [-0.25, -0.2) is 14.4 Å². The Morgan fingerprint density at radius 2 is 1.71 bits per heavy atom. The molecule has 1 saturated carbocycles. The first-order valence-corrected chi connectivity index (χ1v) is 8.33. The second kappa shape index (κ2) is 6.19. The molecule has 0 N–H and O–H groups in total. The highest BCUT2D eigenvalue weighted by molar-refractivity contribution is 5.93. The summed E-state index contributed by atoms with van der Waals surface area (Å²) in [5.41, 5.74) is 1.13. The van der Waals surface area contributed by atoms with E-state index >= 15 is 0 Å². The number of amides is 1. The SMILES string of the molecule is O=C(c1cnc(C2CC2)nc1)N1CCN(c2ccccc2F)CC1. The lowest BCUT2D eigenvalue weighted by atomic mass is 10.2. The second-order valence-electron chi connectivity index (χ2n) is 6.33. The minimum absolute atomic E-state index is 0.0504. The van der Waals surface area contributed by atoms with Gasteiger partial charge in [0.25, 0.3) is 5.91 Å². The maximum atomic E-state index is 13.9. The Labute approximate surface area is 140 Å². The van der Waals surface area contributed by atoms with Crippen LogP contribution in [0.1, 0.15) is 34.9 Å². The van der Waals surface area contributed by atoms with E-state index in [2.05, 4.69) is 9.97 Å². The number of anilines is 1. The van der Waals surface area contributed by atoms with Crippen LogP contribution in [0.2, 0.25) is 0 Å². The summed E-state index contributed by atoms with van der Waals surface area (Å²) in [4.78, 5) is 24.9. The lowest BCUT2D eigenvalue weighted by Gasteiger charge is -2.36. The number of piperazine rings is 1. The van der Waals surface area contributed by atoms with E-state index < -0.39 is 0 Å². The van der Waals surface area contributed by atoms with Crippen LogP contribution in [-0.4, -0.2) is 47.0 Å². The molecule has 1 aliphatic carbocycles. The van der Waals surface area contributed by atoms with Gasteiger partial charge in [0, 0.05) is 44.5 Å². The summed E-state index contributed by atoms with van der Waals surface area (Å²) in [6.07, 6.45) is 5.55. The zero-order valence-electron chi connectivity index (χ0n) is 13.4. The summed E-state index contributed by atoms with van der Waals surface area (Å²) in [5.74, 6) is 1.06. The quantitative estimate of drug-likeness (QED) is 0.869. The van der Waals surface area contributed by atoms with Crippen LogP contribution in [0.4, 0.5) is 10.1 Å². The van der Waals surface area contributed by atoms with Crippen molar-refractivity contribution in [3.8, 4) is 0 Å². The lowest BCUT2D eigenvalue weighted by Crippen LogP contribution is -2.49. The maximum Gasteiger partial charge on any atom is 0.257 e. The number of benzene rings is 1. The molecule has 24 heavy (non-hydrogen) atoms. The molecule has 6 heteroatoms. The third-order valence-electron chi connectivity index (χ3n) is 4.62. The number of para-hydroxylation sites is 1. The van der Waals surface area contributed by atoms with E-state index in [9.17, 15) is 9.18 Å².